The molecule has 4 aliphatic carbocycles. The Labute approximate surface area is 223 Å². The first-order chi connectivity index (χ1) is 17.1. The van der Waals surface area contributed by atoms with E-state index in [1.165, 1.54) is 57.8 Å². The van der Waals surface area contributed by atoms with Crippen molar-refractivity contribution < 1.29 is 18.3 Å². The molecule has 0 bridgehead atoms. The molecule has 0 spiro atoms. The third-order valence-electron chi connectivity index (χ3n) is 11.4. The van der Waals surface area contributed by atoms with Crippen molar-refractivity contribution in [3.05, 3.63) is 11.6 Å². The molecule has 4 nitrogen and oxygen atoms in total. The van der Waals surface area contributed by atoms with Crippen molar-refractivity contribution in [1.82, 2.24) is 0 Å². The summed E-state index contributed by atoms with van der Waals surface area (Å²) in [6.07, 6.45) is 18.0. The molecule has 0 aliphatic heterocycles. The van der Waals surface area contributed by atoms with Crippen LogP contribution in [0.2, 0.25) is 0 Å². The van der Waals surface area contributed by atoms with Gasteiger partial charge in [0.1, 0.15) is 11.5 Å². The first-order valence-electron chi connectivity index (χ1n) is 15.0. The second kappa shape index (κ2) is 11.7. The highest BCUT2D eigenvalue weighted by atomic mass is 32.2. The first kappa shape index (κ1) is 28.5. The van der Waals surface area contributed by atoms with Crippen LogP contribution in [-0.2, 0) is 20.6 Å². The number of carbonyl (C=O) groups is 1. The maximum Gasteiger partial charge on any atom is 0.163 e. The lowest BCUT2D eigenvalue weighted by Crippen LogP contribution is -2.51. The number of hydrogen-bond donors (Lipinski definition) is 1. The fourth-order valence-electron chi connectivity index (χ4n) is 9.36. The molecule has 5 heteroatoms. The Balaban J connectivity index is 1.38. The molecule has 0 amide bonds. The topological polar surface area (TPSA) is 63.6 Å². The third-order valence-corrected chi connectivity index (χ3v) is 12.3. The van der Waals surface area contributed by atoms with E-state index in [1.807, 2.05) is 0 Å². The Morgan fingerprint density at radius 1 is 1.08 bits per heavy atom. The van der Waals surface area contributed by atoms with Crippen LogP contribution in [-0.4, -0.2) is 33.0 Å². The molecule has 0 heterocycles. The van der Waals surface area contributed by atoms with Crippen LogP contribution in [0.3, 0.4) is 0 Å². The second-order valence-electron chi connectivity index (χ2n) is 13.8. The summed E-state index contributed by atoms with van der Waals surface area (Å²) in [6.45, 7) is 12.9. The van der Waals surface area contributed by atoms with Gasteiger partial charge in [0.25, 0.3) is 0 Å². The highest BCUT2D eigenvalue weighted by Gasteiger charge is 2.59. The zero-order chi connectivity index (χ0) is 26.1. The highest BCUT2D eigenvalue weighted by molar-refractivity contribution is 7.80. The number of fused-ring (bicyclic) bond motifs is 5. The van der Waals surface area contributed by atoms with Crippen LogP contribution in [0.1, 0.15) is 112 Å². The van der Waals surface area contributed by atoms with Crippen molar-refractivity contribution in [3.63, 3.8) is 0 Å². The average Bonchev–Trinajstić information content (AvgIpc) is 3.18. The Morgan fingerprint density at radius 3 is 2.56 bits per heavy atom. The molecule has 4 aliphatic rings. The van der Waals surface area contributed by atoms with E-state index >= 15 is 0 Å². The van der Waals surface area contributed by atoms with E-state index in [2.05, 4.69) is 40.7 Å². The fraction of sp³-hybridized carbons (Fsp3) is 0.903. The molecule has 0 aromatic heterocycles. The second-order valence-corrected chi connectivity index (χ2v) is 14.9. The summed E-state index contributed by atoms with van der Waals surface area (Å²) in [6, 6.07) is 0. The Hall–Kier alpha value is -0.520. The van der Waals surface area contributed by atoms with Gasteiger partial charge in [-0.15, -0.1) is 0 Å². The van der Waals surface area contributed by atoms with Gasteiger partial charge in [-0.05, 0) is 104 Å². The minimum atomic E-state index is -2.10. The van der Waals surface area contributed by atoms with Gasteiger partial charge in [-0.25, -0.2) is 4.21 Å². The number of rotatable bonds is 11. The number of carbonyl (C=O) groups excluding carboxylic acids is 1. The van der Waals surface area contributed by atoms with Gasteiger partial charge in [-0.1, -0.05) is 65.5 Å². The van der Waals surface area contributed by atoms with E-state index in [1.54, 1.807) is 5.57 Å². The molecule has 0 radical (unpaired) electrons. The van der Waals surface area contributed by atoms with E-state index in [-0.39, 0.29) is 6.10 Å². The summed E-state index contributed by atoms with van der Waals surface area (Å²) < 4.78 is 26.6. The van der Waals surface area contributed by atoms with Gasteiger partial charge < -0.3 is 14.1 Å². The number of ether oxygens (including phenoxy) is 1. The minimum absolute atomic E-state index is 0.178. The standard InChI is InChI=1S/C31H52O4S/c1-21(2)7-6-8-22(3)27-11-12-28-26-10-9-23-19-24(35-18-15-25(20-32)36(33)34)13-16-30(23,4)29(26)14-17-31(27,28)5/h9,20-22,24-29H,6-8,10-19H2,1-5H3,(H,33,34)/t22-,24+,25?,26+,27-,28+,29+,30+,31-/m1/s1. The third kappa shape index (κ3) is 5.59. The molecule has 10 atom stereocenters. The van der Waals surface area contributed by atoms with Crippen molar-refractivity contribution in [1.29, 1.82) is 0 Å². The fourth-order valence-corrected chi connectivity index (χ4v) is 9.75. The van der Waals surface area contributed by atoms with E-state index < -0.39 is 16.3 Å². The molecule has 0 aromatic carbocycles. The average molecular weight is 521 g/mol. The minimum Gasteiger partial charge on any atom is -0.378 e. The van der Waals surface area contributed by atoms with Crippen LogP contribution in [0.25, 0.3) is 0 Å². The van der Waals surface area contributed by atoms with Gasteiger partial charge >= 0.3 is 0 Å². The van der Waals surface area contributed by atoms with Crippen LogP contribution >= 0.6 is 0 Å². The van der Waals surface area contributed by atoms with Crippen LogP contribution in [0, 0.1) is 46.3 Å². The lowest BCUT2D eigenvalue weighted by atomic mass is 9.47. The van der Waals surface area contributed by atoms with Crippen molar-refractivity contribution in [2.24, 2.45) is 46.3 Å². The molecular formula is C31H52O4S. The molecule has 0 aromatic rings. The van der Waals surface area contributed by atoms with Crippen LogP contribution < -0.4 is 0 Å². The Bertz CT molecular complexity index is 823. The van der Waals surface area contributed by atoms with Gasteiger partial charge in [-0.3, -0.25) is 0 Å². The quantitative estimate of drug-likeness (QED) is 0.173. The zero-order valence-electron chi connectivity index (χ0n) is 23.5. The summed E-state index contributed by atoms with van der Waals surface area (Å²) in [5.74, 6) is 5.12. The summed E-state index contributed by atoms with van der Waals surface area (Å²) in [5, 5.41) is -0.835. The molecule has 206 valence electrons. The molecule has 1 N–H and O–H groups in total. The van der Waals surface area contributed by atoms with Crippen LogP contribution in [0.4, 0.5) is 0 Å². The predicted molar refractivity (Wildman–Crippen MR) is 148 cm³/mol. The van der Waals surface area contributed by atoms with E-state index in [0.717, 1.165) is 48.3 Å². The summed E-state index contributed by atoms with van der Waals surface area (Å²) >= 11 is -2.10. The van der Waals surface area contributed by atoms with Crippen molar-refractivity contribution >= 4 is 17.4 Å². The van der Waals surface area contributed by atoms with E-state index in [0.29, 0.717) is 30.1 Å². The van der Waals surface area contributed by atoms with E-state index in [9.17, 15) is 13.6 Å². The Kier molecular flexibility index (Phi) is 9.26. The summed E-state index contributed by atoms with van der Waals surface area (Å²) in [7, 11) is 0. The van der Waals surface area contributed by atoms with Gasteiger partial charge in [-0.2, -0.15) is 0 Å². The molecule has 2 unspecified atom stereocenters. The normalized spacial score (nSPS) is 40.5. The lowest BCUT2D eigenvalue weighted by Gasteiger charge is -2.58. The summed E-state index contributed by atoms with van der Waals surface area (Å²) in [4.78, 5) is 11.0. The SMILES string of the molecule is CC(C)CCC[C@@H](C)[C@H]1CC[C@H]2[C@@H]3CC=C4C[C@@H](OCCC(C=O)S(=O)O)CC[C@]4(C)[C@H]3CC[C@]12C. The van der Waals surface area contributed by atoms with Crippen molar-refractivity contribution in [3.8, 4) is 0 Å². The monoisotopic (exact) mass is 520 g/mol. The van der Waals surface area contributed by atoms with Crippen molar-refractivity contribution in [2.75, 3.05) is 6.61 Å². The predicted octanol–water partition coefficient (Wildman–Crippen LogP) is 7.59. The van der Waals surface area contributed by atoms with E-state index in [4.69, 9.17) is 4.74 Å². The van der Waals surface area contributed by atoms with Crippen molar-refractivity contribution in [2.45, 2.75) is 123 Å². The zero-order valence-corrected chi connectivity index (χ0v) is 24.4. The molecular weight excluding hydrogens is 468 g/mol. The number of allylic oxidation sites excluding steroid dienone is 1. The first-order valence-corrected chi connectivity index (χ1v) is 16.1. The molecule has 36 heavy (non-hydrogen) atoms. The number of aldehydes is 1. The largest absolute Gasteiger partial charge is 0.378 e. The lowest BCUT2D eigenvalue weighted by molar-refractivity contribution is -0.108. The van der Waals surface area contributed by atoms with Gasteiger partial charge in [0.2, 0.25) is 0 Å². The molecule has 4 rings (SSSR count). The maximum absolute atomic E-state index is 11.2. The maximum atomic E-state index is 11.2. The van der Waals surface area contributed by atoms with Crippen LogP contribution in [0.15, 0.2) is 11.6 Å². The molecule has 3 fully saturated rings. The van der Waals surface area contributed by atoms with Gasteiger partial charge in [0.15, 0.2) is 11.1 Å². The number of hydrogen-bond acceptors (Lipinski definition) is 3. The van der Waals surface area contributed by atoms with Crippen LogP contribution in [0.5, 0.6) is 0 Å². The van der Waals surface area contributed by atoms with Gasteiger partial charge in [0, 0.05) is 6.61 Å². The molecule has 3 saturated carbocycles. The summed E-state index contributed by atoms with van der Waals surface area (Å²) in [5.41, 5.74) is 2.45. The Morgan fingerprint density at radius 2 is 1.86 bits per heavy atom. The van der Waals surface area contributed by atoms with Gasteiger partial charge in [0.05, 0.1) is 6.10 Å². The highest BCUT2D eigenvalue weighted by Crippen LogP contribution is 2.67. The molecule has 0 saturated heterocycles. The smallest absolute Gasteiger partial charge is 0.163 e.